The summed E-state index contributed by atoms with van der Waals surface area (Å²) in [6.07, 6.45) is 7.81. The average Bonchev–Trinajstić information content (AvgIpc) is 3.69. The first kappa shape index (κ1) is 45.7. The third-order valence-corrected chi connectivity index (χ3v) is 13.4. The van der Waals surface area contributed by atoms with Crippen LogP contribution in [0.15, 0.2) is 53.5 Å². The Kier molecular flexibility index (Phi) is 14.2. The van der Waals surface area contributed by atoms with E-state index in [-0.39, 0.29) is 49.3 Å². The first-order valence-corrected chi connectivity index (χ1v) is 22.8. The van der Waals surface area contributed by atoms with Gasteiger partial charge in [0.2, 0.25) is 5.91 Å². The molecule has 3 amide bonds. The summed E-state index contributed by atoms with van der Waals surface area (Å²) in [5, 5.41) is 16.1. The molecule has 0 spiro atoms. The molecule has 4 aromatic rings. The molecular formula is C48H66N8O7. The highest BCUT2D eigenvalue weighted by Crippen LogP contribution is 2.32. The Morgan fingerprint density at radius 2 is 1.51 bits per heavy atom. The van der Waals surface area contributed by atoms with Gasteiger partial charge in [0.1, 0.15) is 6.04 Å². The molecule has 15 heteroatoms. The van der Waals surface area contributed by atoms with Gasteiger partial charge in [-0.15, -0.1) is 0 Å². The van der Waals surface area contributed by atoms with Crippen LogP contribution < -0.4 is 21.5 Å². The van der Waals surface area contributed by atoms with Crippen LogP contribution in [0, 0.1) is 17.8 Å². The lowest BCUT2D eigenvalue weighted by Crippen LogP contribution is -2.54. The Bertz CT molecular complexity index is 2350. The molecule has 0 aliphatic carbocycles. The van der Waals surface area contributed by atoms with Gasteiger partial charge in [-0.2, -0.15) is 5.10 Å². The van der Waals surface area contributed by atoms with Gasteiger partial charge in [-0.05, 0) is 134 Å². The number of nitrogens with one attached hydrogen (secondary N) is 3. The van der Waals surface area contributed by atoms with Crippen molar-refractivity contribution in [3.8, 4) is 0 Å². The van der Waals surface area contributed by atoms with Crippen LogP contribution in [0.5, 0.6) is 0 Å². The minimum atomic E-state index is -0.860. The van der Waals surface area contributed by atoms with Crippen molar-refractivity contribution in [2.75, 3.05) is 46.3 Å². The molecule has 0 saturated carbocycles. The van der Waals surface area contributed by atoms with Crippen LogP contribution in [0.25, 0.3) is 21.8 Å². The predicted molar refractivity (Wildman–Crippen MR) is 242 cm³/mol. The van der Waals surface area contributed by atoms with E-state index in [1.807, 2.05) is 83.3 Å². The van der Waals surface area contributed by atoms with Gasteiger partial charge in [0, 0.05) is 55.8 Å². The number of benzene rings is 2. The van der Waals surface area contributed by atoms with E-state index in [0.717, 1.165) is 53.3 Å². The summed E-state index contributed by atoms with van der Waals surface area (Å²) >= 11 is 0. The van der Waals surface area contributed by atoms with Crippen LogP contribution in [-0.2, 0) is 43.7 Å². The van der Waals surface area contributed by atoms with E-state index in [0.29, 0.717) is 81.8 Å². The zero-order valence-corrected chi connectivity index (χ0v) is 38.0. The monoisotopic (exact) mass is 867 g/mol. The number of aryl methyl sites for hydroxylation is 1. The second kappa shape index (κ2) is 19.6. The molecular weight excluding hydrogens is 801 g/mol. The Morgan fingerprint density at radius 1 is 0.841 bits per heavy atom. The highest BCUT2D eigenvalue weighted by molar-refractivity contribution is 5.88. The molecule has 7 bridgehead atoms. The Morgan fingerprint density at radius 3 is 2.21 bits per heavy atom. The summed E-state index contributed by atoms with van der Waals surface area (Å²) in [5.41, 5.74) is 2.00. The minimum absolute atomic E-state index is 0.0603. The molecule has 0 unspecified atom stereocenters. The largest absolute Gasteiger partial charge is 0.443 e. The second-order valence-electron chi connectivity index (χ2n) is 19.3. The number of piperidine rings is 2. The topological polar surface area (TPSA) is 169 Å². The van der Waals surface area contributed by atoms with Crippen molar-refractivity contribution < 1.29 is 28.7 Å². The lowest BCUT2D eigenvalue weighted by molar-refractivity contribution is -0.160. The first-order chi connectivity index (χ1) is 30.1. The summed E-state index contributed by atoms with van der Waals surface area (Å²) in [7, 11) is 2.13. The zero-order valence-electron chi connectivity index (χ0n) is 38.0. The molecule has 8 rings (SSSR count). The minimum Gasteiger partial charge on any atom is -0.443 e. The molecule has 2 aromatic heterocycles. The summed E-state index contributed by atoms with van der Waals surface area (Å²) in [4.78, 5) is 73.1. The number of pyridine rings is 1. The van der Waals surface area contributed by atoms with Crippen molar-refractivity contribution in [1.82, 2.24) is 40.1 Å². The quantitative estimate of drug-likeness (QED) is 0.170. The number of carbonyl (C=O) groups is 4. The highest BCUT2D eigenvalue weighted by Gasteiger charge is 2.33. The van der Waals surface area contributed by atoms with Crippen LogP contribution in [0.4, 0.5) is 4.79 Å². The summed E-state index contributed by atoms with van der Waals surface area (Å²) in [6, 6.07) is 12.7. The van der Waals surface area contributed by atoms with Gasteiger partial charge in [0.15, 0.2) is 13.5 Å². The molecule has 2 saturated heterocycles. The standard InChI is InChI=1S/C48H66N8O7/c1-32-25-33-26-36-29-55(52-41(32)36)30-62-44(59)47(2,3)17-9-10-18-48(4,5)45(60)63-31-56-40-12-8-7-11-35(40)28-38(43(56)58)34-13-23-54(24-14-34)46(61)51-39(27-33)42(57)50-20-19-49-37-15-21-53(6)22-16-37/h7-8,11-12,25-26,28-29,34,37,39,49H,9-10,13-24,27,30-31H2,1-6H3,(H,50,57)(H,51,61)/t39-/m1/s1. The molecule has 3 N–H and O–H groups in total. The van der Waals surface area contributed by atoms with Crippen LogP contribution in [0.1, 0.15) is 102 Å². The number of aromatic nitrogens is 3. The van der Waals surface area contributed by atoms with Crippen LogP contribution in [-0.4, -0.2) is 106 Å². The number of para-hydroxylation sites is 1. The molecule has 63 heavy (non-hydrogen) atoms. The van der Waals surface area contributed by atoms with Crippen molar-refractivity contribution in [2.45, 2.75) is 124 Å². The first-order valence-electron chi connectivity index (χ1n) is 22.8. The van der Waals surface area contributed by atoms with E-state index >= 15 is 0 Å². The Labute approximate surface area is 370 Å². The van der Waals surface area contributed by atoms with E-state index in [4.69, 9.17) is 14.6 Å². The van der Waals surface area contributed by atoms with E-state index in [1.54, 1.807) is 9.58 Å². The maximum atomic E-state index is 14.2. The van der Waals surface area contributed by atoms with Gasteiger partial charge >= 0.3 is 18.0 Å². The number of rotatable bonds is 5. The SMILES string of the molecule is Cc1cc2cc3cn(nc13)COC(=O)C(C)(C)CCCCC(C)(C)C(=O)OCn1c(=O)c(cc3ccccc31)C1CCN(CC1)C(=O)N[C@@H](C(=O)NCCNC1CCN(C)CC1)C2. The van der Waals surface area contributed by atoms with Gasteiger partial charge in [-0.25, -0.2) is 9.48 Å². The maximum Gasteiger partial charge on any atom is 0.318 e. The van der Waals surface area contributed by atoms with Gasteiger partial charge in [0.05, 0.1) is 21.9 Å². The molecule has 15 nitrogen and oxygen atoms in total. The zero-order chi connectivity index (χ0) is 44.9. The number of urea groups is 1. The van der Waals surface area contributed by atoms with Crippen LogP contribution in [0.3, 0.4) is 0 Å². The summed E-state index contributed by atoms with van der Waals surface area (Å²) in [6.45, 7) is 13.0. The van der Waals surface area contributed by atoms with Crippen molar-refractivity contribution in [3.05, 3.63) is 75.7 Å². The normalized spacial score (nSPS) is 21.5. The lowest BCUT2D eigenvalue weighted by Gasteiger charge is -2.33. The van der Waals surface area contributed by atoms with Crippen molar-refractivity contribution in [2.24, 2.45) is 10.8 Å². The van der Waals surface area contributed by atoms with E-state index in [9.17, 15) is 24.0 Å². The Balaban J connectivity index is 1.13. The third-order valence-electron chi connectivity index (χ3n) is 13.4. The van der Waals surface area contributed by atoms with E-state index < -0.39 is 22.8 Å². The molecule has 4 aliphatic rings. The number of hydrogen-bond acceptors (Lipinski definition) is 10. The molecule has 340 valence electrons. The Hall–Kier alpha value is -5.28. The molecule has 2 aromatic carbocycles. The molecule has 4 aliphatic heterocycles. The number of likely N-dealkylation sites (tertiary alicyclic amines) is 1. The smallest absolute Gasteiger partial charge is 0.318 e. The van der Waals surface area contributed by atoms with Crippen LogP contribution in [0.2, 0.25) is 0 Å². The summed E-state index contributed by atoms with van der Waals surface area (Å²) in [5.74, 6) is -1.14. The number of amides is 3. The number of nitrogens with zero attached hydrogens (tertiary/aromatic N) is 5. The van der Waals surface area contributed by atoms with Gasteiger partial charge in [0.25, 0.3) is 5.56 Å². The maximum absolute atomic E-state index is 14.2. The van der Waals surface area contributed by atoms with E-state index in [1.165, 1.54) is 4.57 Å². The number of hydrogen-bond donors (Lipinski definition) is 3. The fraction of sp³-hybridized carbons (Fsp3) is 0.583. The second-order valence-corrected chi connectivity index (χ2v) is 19.3. The van der Waals surface area contributed by atoms with E-state index in [2.05, 4.69) is 27.9 Å². The van der Waals surface area contributed by atoms with Crippen molar-refractivity contribution in [1.29, 1.82) is 0 Å². The van der Waals surface area contributed by atoms with Crippen LogP contribution >= 0.6 is 0 Å². The molecule has 1 atom stereocenters. The van der Waals surface area contributed by atoms with Gasteiger partial charge in [-0.1, -0.05) is 37.1 Å². The number of fused-ring (bicyclic) bond motifs is 17. The number of ether oxygens (including phenoxy) is 2. The molecule has 0 radical (unpaired) electrons. The highest BCUT2D eigenvalue weighted by atomic mass is 16.5. The average molecular weight is 867 g/mol. The molecule has 6 heterocycles. The predicted octanol–water partition coefficient (Wildman–Crippen LogP) is 5.59. The van der Waals surface area contributed by atoms with Gasteiger partial charge in [-0.3, -0.25) is 23.7 Å². The molecule has 2 fully saturated rings. The number of carbonyl (C=O) groups excluding carboxylic acids is 4. The fourth-order valence-electron chi connectivity index (χ4n) is 9.24. The van der Waals surface area contributed by atoms with Gasteiger partial charge < -0.3 is 35.2 Å². The third kappa shape index (κ3) is 11.1. The number of esters is 2. The fourth-order valence-corrected chi connectivity index (χ4v) is 9.24. The lowest BCUT2D eigenvalue weighted by atomic mass is 9.83. The van der Waals surface area contributed by atoms with Crippen molar-refractivity contribution in [3.63, 3.8) is 0 Å². The van der Waals surface area contributed by atoms with Crippen molar-refractivity contribution >= 4 is 45.7 Å². The summed E-state index contributed by atoms with van der Waals surface area (Å²) < 4.78 is 14.8.